The number of hydrogen-bond donors (Lipinski definition) is 5. The summed E-state index contributed by atoms with van der Waals surface area (Å²) in [5.74, 6) is 1.30. The summed E-state index contributed by atoms with van der Waals surface area (Å²) in [4.78, 5) is 64.1. The van der Waals surface area contributed by atoms with Crippen molar-refractivity contribution in [2.45, 2.75) is 40.4 Å². The first-order chi connectivity index (χ1) is 45.2. The van der Waals surface area contributed by atoms with Crippen LogP contribution in [0, 0.1) is 10.8 Å². The van der Waals surface area contributed by atoms with Crippen molar-refractivity contribution in [2.24, 2.45) is 22.9 Å². The third kappa shape index (κ3) is 15.7. The minimum atomic E-state index is -0.369. The molecule has 3 amide bonds. The van der Waals surface area contributed by atoms with Gasteiger partial charge in [-0.2, -0.15) is 25.5 Å². The van der Waals surface area contributed by atoms with Crippen LogP contribution in [0.4, 0.5) is 11.4 Å². The van der Waals surface area contributed by atoms with E-state index in [2.05, 4.69) is 75.2 Å². The fourth-order valence-corrected chi connectivity index (χ4v) is 9.92. The van der Waals surface area contributed by atoms with Gasteiger partial charge in [-0.15, -0.1) is 0 Å². The molecule has 11 aromatic heterocycles. The van der Waals surface area contributed by atoms with Crippen molar-refractivity contribution in [3.05, 3.63) is 194 Å². The lowest BCUT2D eigenvalue weighted by Crippen LogP contribution is -2.43. The number of rotatable bonds is 20. The van der Waals surface area contributed by atoms with Crippen molar-refractivity contribution in [1.29, 1.82) is 0 Å². The molecule has 2 saturated heterocycles. The molecule has 14 rings (SSSR count). The Balaban J connectivity index is 0.000000142. The predicted octanol–water partition coefficient (Wildman–Crippen LogP) is 8.84. The van der Waals surface area contributed by atoms with E-state index in [4.69, 9.17) is 42.5 Å². The van der Waals surface area contributed by atoms with E-state index in [1.165, 1.54) is 0 Å². The number of aryl methyl sites for hydroxylation is 1. The quantitative estimate of drug-likeness (QED) is 0.0351. The number of amides is 3. The molecule has 476 valence electrons. The number of aromatic nitrogens is 13. The smallest absolute Gasteiger partial charge is 0.291 e. The Morgan fingerprint density at radius 3 is 1.62 bits per heavy atom. The fourth-order valence-electron chi connectivity index (χ4n) is 9.92. The second-order valence-corrected chi connectivity index (χ2v) is 22.3. The number of anilines is 2. The van der Waals surface area contributed by atoms with Gasteiger partial charge in [0.25, 0.3) is 24.2 Å². The van der Waals surface area contributed by atoms with Crippen LogP contribution in [0.2, 0.25) is 0 Å². The highest BCUT2D eigenvalue weighted by molar-refractivity contribution is 6.15. The predicted molar refractivity (Wildman–Crippen MR) is 338 cm³/mol. The van der Waals surface area contributed by atoms with Crippen LogP contribution in [-0.2, 0) is 45.7 Å². The van der Waals surface area contributed by atoms with Crippen molar-refractivity contribution in [3.63, 3.8) is 0 Å². The summed E-state index contributed by atoms with van der Waals surface area (Å²) < 4.78 is 40.5. The first-order valence-electron chi connectivity index (χ1n) is 29.4. The maximum Gasteiger partial charge on any atom is 0.291 e. The van der Waals surface area contributed by atoms with Crippen LogP contribution < -0.4 is 16.0 Å². The number of hydrogen-bond acceptors (Lipinski definition) is 19. The summed E-state index contributed by atoms with van der Waals surface area (Å²) in [7, 11) is 1.82. The van der Waals surface area contributed by atoms with Crippen molar-refractivity contribution < 1.29 is 51.7 Å². The zero-order chi connectivity index (χ0) is 64.7. The molecule has 3 aliphatic rings. The molecule has 0 unspecified atom stereocenters. The molecular weight excluding hydrogens is 1190 g/mol. The number of furan rings is 3. The molecule has 0 bridgehead atoms. The maximum absolute atomic E-state index is 13.1. The number of ether oxygens (including phenoxy) is 3. The molecule has 28 heteroatoms. The van der Waals surface area contributed by atoms with E-state index in [9.17, 15) is 14.4 Å². The van der Waals surface area contributed by atoms with Gasteiger partial charge in [-0.05, 0) is 85.8 Å². The Morgan fingerprint density at radius 1 is 0.624 bits per heavy atom. The number of H-pyrrole nitrogens is 1. The van der Waals surface area contributed by atoms with E-state index in [0.717, 1.165) is 42.1 Å². The lowest BCUT2D eigenvalue weighted by atomic mass is 9.89. The Bertz CT molecular complexity index is 4360. The monoisotopic (exact) mass is 1260 g/mol. The lowest BCUT2D eigenvalue weighted by molar-refractivity contribution is -0.122. The third-order valence-electron chi connectivity index (χ3n) is 14.5. The molecule has 3 aliphatic heterocycles. The first-order valence-corrected chi connectivity index (χ1v) is 29.4. The maximum atomic E-state index is 13.1. The van der Waals surface area contributed by atoms with Crippen LogP contribution >= 0.6 is 0 Å². The van der Waals surface area contributed by atoms with Crippen molar-refractivity contribution in [2.75, 3.05) is 56.8 Å². The zero-order valence-corrected chi connectivity index (χ0v) is 51.1. The molecule has 2 fully saturated rings. The Labute approximate surface area is 531 Å². The normalized spacial score (nSPS) is 14.1. The molecule has 0 aliphatic carbocycles. The average Bonchev–Trinajstić information content (AvgIpc) is 1.80. The molecule has 93 heavy (non-hydrogen) atoms. The molecule has 0 radical (unpaired) electrons. The third-order valence-corrected chi connectivity index (χ3v) is 14.5. The van der Waals surface area contributed by atoms with Gasteiger partial charge in [0, 0.05) is 74.1 Å². The van der Waals surface area contributed by atoms with Gasteiger partial charge >= 0.3 is 0 Å². The van der Waals surface area contributed by atoms with Gasteiger partial charge in [-0.25, -0.2) is 0 Å². The van der Waals surface area contributed by atoms with Crippen LogP contribution in [0.3, 0.4) is 0 Å². The number of aliphatic imine (C=N–C) groups is 1. The zero-order valence-electron chi connectivity index (χ0n) is 51.1. The minimum absolute atomic E-state index is 0.0259. The first kappa shape index (κ1) is 63.1. The summed E-state index contributed by atoms with van der Waals surface area (Å²) in [6.45, 7) is 12.6. The molecule has 5 N–H and O–H groups in total. The highest BCUT2D eigenvalue weighted by Gasteiger charge is 2.36. The van der Waals surface area contributed by atoms with Crippen LogP contribution in [-0.4, -0.2) is 145 Å². The second-order valence-electron chi connectivity index (χ2n) is 22.3. The molecule has 0 aromatic carbocycles. The van der Waals surface area contributed by atoms with E-state index >= 15 is 0 Å². The van der Waals surface area contributed by atoms with Crippen molar-refractivity contribution in [3.8, 4) is 56.7 Å². The van der Waals surface area contributed by atoms with Gasteiger partial charge < -0.3 is 48.5 Å². The minimum Gasteiger partial charge on any atom is -0.483 e. The van der Waals surface area contributed by atoms with E-state index in [1.807, 2.05) is 103 Å². The second kappa shape index (κ2) is 29.0. The topological polar surface area (TPSA) is 343 Å². The molecule has 0 spiro atoms. The van der Waals surface area contributed by atoms with Crippen LogP contribution in [0.1, 0.15) is 58.1 Å². The number of carbonyl (C=O) groups is 4. The van der Waals surface area contributed by atoms with Crippen LogP contribution in [0.15, 0.2) is 189 Å². The van der Waals surface area contributed by atoms with Gasteiger partial charge in [0.15, 0.2) is 17.3 Å². The number of carbonyl (C=O) groups excluding carboxylic acids is 3. The average molecular weight is 1260 g/mol. The molecule has 0 atom stereocenters. The lowest BCUT2D eigenvalue weighted by Gasteiger charge is -2.37. The fraction of sp³-hybridized carbons (Fsp3) is 0.246. The molecule has 14 heterocycles. The largest absolute Gasteiger partial charge is 0.483 e. The standard InChI is InChI=1S/C26H28N6O4.C21H22N6O3.C17H13N5O2.CH2O2/c1-25(14-34-15-25)12-31-10-18(9-28-31)21-6-7-22(36-21)24(33)29-20-11-32(13-26(2)16-35-17-26)30-23(20)19-5-3-4-8-27-19;1-3-29-11-10-27-14-17(20(25-27)16-6-4-5-9-22-16)24-21(28)19-8-7-18(30-19)15-12-23-26(2)13-15;23-17(15-5-4-14(24-15)11-9-20-21-10-11)22-13-6-8-19-16(13)12-3-1-2-7-18-12;2-1-3/h3-11H,12-17H2,1-2H3,(H,29,33);4-9,12-14H,3,10-11H2,1-2H3,(H,24,28);1-7,9-10H,8H2,(H,20,21)(H,22,23);1H,(H,2,3). The summed E-state index contributed by atoms with van der Waals surface area (Å²) >= 11 is 0. The Morgan fingerprint density at radius 2 is 1.13 bits per heavy atom. The van der Waals surface area contributed by atoms with Gasteiger partial charge in [0.05, 0.1) is 129 Å². The molecular formula is C65H65N17O11. The number of nitrogens with zero attached hydrogens (tertiary/aromatic N) is 13. The van der Waals surface area contributed by atoms with E-state index < -0.39 is 0 Å². The van der Waals surface area contributed by atoms with Crippen molar-refractivity contribution >= 4 is 41.3 Å². The van der Waals surface area contributed by atoms with E-state index in [1.54, 1.807) is 95.3 Å². The molecule has 11 aromatic rings. The highest BCUT2D eigenvalue weighted by Crippen LogP contribution is 2.34. The van der Waals surface area contributed by atoms with Gasteiger partial charge in [-0.3, -0.25) is 62.9 Å². The summed E-state index contributed by atoms with van der Waals surface area (Å²) in [5.41, 5.74) is 8.22. The van der Waals surface area contributed by atoms with E-state index in [-0.39, 0.29) is 52.3 Å². The number of carboxylic acid groups (broad SMARTS) is 1. The van der Waals surface area contributed by atoms with Crippen molar-refractivity contribution in [1.82, 2.24) is 69.6 Å². The molecule has 0 saturated carbocycles. The molecule has 28 nitrogen and oxygen atoms in total. The van der Waals surface area contributed by atoms with Gasteiger partial charge in [-0.1, -0.05) is 32.0 Å². The van der Waals surface area contributed by atoms with Crippen LogP contribution in [0.25, 0.3) is 56.7 Å². The summed E-state index contributed by atoms with van der Waals surface area (Å²) in [5, 5.41) is 40.0. The number of allylic oxidation sites excluding steroid dienone is 1. The summed E-state index contributed by atoms with van der Waals surface area (Å²) in [6, 6.07) is 26.9. The Hall–Kier alpha value is -11.5. The van der Waals surface area contributed by atoms with E-state index in [0.29, 0.717) is 109 Å². The summed E-state index contributed by atoms with van der Waals surface area (Å²) in [6.07, 6.45) is 21.1. The number of nitrogens with one attached hydrogen (secondary N) is 4. The number of pyridine rings is 3. The SMILES string of the molecule is CC1(Cn2cc(-c3ccc(C(=O)Nc4cn(CC5(C)COC5)nc4-c4ccccn4)o3)cn2)COC1.CCOCCn1cc(NC(=O)c2ccc(-c3cnn(C)c3)o2)c(-c2ccccn2)n1.O=C(NC1=CCN=C1c1ccccn1)c1ccc(-c2cn[nH]c2)o1.O=CO. The van der Waals surface area contributed by atoms with Crippen LogP contribution in [0.5, 0.6) is 0 Å². The number of aromatic amines is 1. The van der Waals surface area contributed by atoms with Gasteiger partial charge in [0.1, 0.15) is 34.4 Å². The van der Waals surface area contributed by atoms with Gasteiger partial charge in [0.2, 0.25) is 0 Å². The Kier molecular flexibility index (Phi) is 19.7. The highest BCUT2D eigenvalue weighted by atomic mass is 16.5.